The Hall–Kier alpha value is -0.940. The van der Waals surface area contributed by atoms with Gasteiger partial charge >= 0.3 is 0 Å². The first-order valence-electron chi connectivity index (χ1n) is 4.88. The van der Waals surface area contributed by atoms with Gasteiger partial charge in [-0.1, -0.05) is 12.1 Å². The van der Waals surface area contributed by atoms with Crippen LogP contribution < -0.4 is 5.73 Å². The molecule has 1 atom stereocenters. The van der Waals surface area contributed by atoms with Gasteiger partial charge < -0.3 is 15.0 Å². The number of nitrogens with two attached hydrogens (primary N) is 1. The molecule has 1 heterocycles. The second kappa shape index (κ2) is 5.72. The summed E-state index contributed by atoms with van der Waals surface area (Å²) in [6.45, 7) is 5.78. The Morgan fingerprint density at radius 3 is 3.00 bits per heavy atom. The summed E-state index contributed by atoms with van der Waals surface area (Å²) >= 11 is 0. The molecule has 1 aromatic heterocycles. The van der Waals surface area contributed by atoms with Crippen molar-refractivity contribution in [1.82, 2.24) is 10.1 Å². The lowest BCUT2D eigenvalue weighted by Crippen LogP contribution is -2.10. The fourth-order valence-electron chi connectivity index (χ4n) is 0.979. The third-order valence-corrected chi connectivity index (χ3v) is 1.94. The molecule has 14 heavy (non-hydrogen) atoms. The zero-order valence-electron chi connectivity index (χ0n) is 8.69. The molecule has 1 aromatic rings. The van der Waals surface area contributed by atoms with E-state index in [2.05, 4.69) is 10.1 Å². The largest absolute Gasteiger partial charge is 0.381 e. The van der Waals surface area contributed by atoms with Crippen molar-refractivity contribution < 1.29 is 9.26 Å². The predicted molar refractivity (Wildman–Crippen MR) is 52.0 cm³/mol. The van der Waals surface area contributed by atoms with Crippen molar-refractivity contribution in [3.8, 4) is 0 Å². The Labute approximate surface area is 83.6 Å². The van der Waals surface area contributed by atoms with Gasteiger partial charge in [0.25, 0.3) is 0 Å². The molecule has 5 heteroatoms. The lowest BCUT2D eigenvalue weighted by molar-refractivity contribution is 0.144. The van der Waals surface area contributed by atoms with Crippen LogP contribution in [0.5, 0.6) is 0 Å². The van der Waals surface area contributed by atoms with Crippen molar-refractivity contribution in [2.24, 2.45) is 5.73 Å². The van der Waals surface area contributed by atoms with Crippen molar-refractivity contribution in [2.45, 2.75) is 26.2 Å². The number of hydrogen-bond acceptors (Lipinski definition) is 5. The van der Waals surface area contributed by atoms with E-state index in [4.69, 9.17) is 15.0 Å². The normalized spacial score (nSPS) is 13.1. The molecule has 0 fully saturated rings. The maximum atomic E-state index is 5.49. The monoisotopic (exact) mass is 199 g/mol. The molecule has 0 aliphatic carbocycles. The molecule has 0 amide bonds. The Morgan fingerprint density at radius 2 is 2.36 bits per heavy atom. The van der Waals surface area contributed by atoms with Crippen molar-refractivity contribution in [1.29, 1.82) is 0 Å². The predicted octanol–water partition coefficient (Wildman–Crippen LogP) is 0.711. The minimum Gasteiger partial charge on any atom is -0.381 e. The molecule has 0 aliphatic rings. The Bertz CT molecular complexity index is 262. The average Bonchev–Trinajstić information content (AvgIpc) is 2.66. The van der Waals surface area contributed by atoms with Gasteiger partial charge in [-0.25, -0.2) is 0 Å². The van der Waals surface area contributed by atoms with Crippen LogP contribution in [0.4, 0.5) is 0 Å². The van der Waals surface area contributed by atoms with E-state index in [0.29, 0.717) is 37.9 Å². The van der Waals surface area contributed by atoms with Crippen LogP contribution in [0.2, 0.25) is 0 Å². The van der Waals surface area contributed by atoms with Crippen molar-refractivity contribution in [2.75, 3.05) is 19.8 Å². The first kappa shape index (κ1) is 11.1. The molecular formula is C9H17N3O2. The first-order valence-corrected chi connectivity index (χ1v) is 4.88. The van der Waals surface area contributed by atoms with Crippen LogP contribution in [0, 0.1) is 0 Å². The van der Waals surface area contributed by atoms with Crippen LogP contribution in [-0.2, 0) is 11.2 Å². The fourth-order valence-corrected chi connectivity index (χ4v) is 0.979. The summed E-state index contributed by atoms with van der Waals surface area (Å²) in [5, 5.41) is 3.84. The third-order valence-electron chi connectivity index (χ3n) is 1.94. The van der Waals surface area contributed by atoms with E-state index >= 15 is 0 Å². The van der Waals surface area contributed by atoms with E-state index in [1.54, 1.807) is 0 Å². The van der Waals surface area contributed by atoms with Gasteiger partial charge in [0.1, 0.15) is 0 Å². The first-order chi connectivity index (χ1) is 6.77. The van der Waals surface area contributed by atoms with Gasteiger partial charge in [-0.15, -0.1) is 0 Å². The highest BCUT2D eigenvalue weighted by Crippen LogP contribution is 2.09. The summed E-state index contributed by atoms with van der Waals surface area (Å²) in [7, 11) is 0. The topological polar surface area (TPSA) is 74.2 Å². The van der Waals surface area contributed by atoms with E-state index in [0.717, 1.165) is 0 Å². The molecule has 2 N–H and O–H groups in total. The van der Waals surface area contributed by atoms with Gasteiger partial charge in [0.05, 0.1) is 13.0 Å². The number of ether oxygens (including phenoxy) is 1. The number of hydrogen-bond donors (Lipinski definition) is 1. The number of nitrogens with zero attached hydrogens (tertiary/aromatic N) is 2. The van der Waals surface area contributed by atoms with E-state index in [-0.39, 0.29) is 5.92 Å². The summed E-state index contributed by atoms with van der Waals surface area (Å²) in [5.74, 6) is 1.45. The molecule has 1 rings (SSSR count). The van der Waals surface area contributed by atoms with Gasteiger partial charge in [-0.3, -0.25) is 0 Å². The fraction of sp³-hybridized carbons (Fsp3) is 0.778. The minimum absolute atomic E-state index is 0.152. The zero-order chi connectivity index (χ0) is 10.4. The summed E-state index contributed by atoms with van der Waals surface area (Å²) in [4.78, 5) is 4.22. The average molecular weight is 199 g/mol. The maximum Gasteiger partial charge on any atom is 0.228 e. The third kappa shape index (κ3) is 3.08. The van der Waals surface area contributed by atoms with Crippen molar-refractivity contribution >= 4 is 0 Å². The van der Waals surface area contributed by atoms with E-state index in [1.165, 1.54) is 0 Å². The molecular weight excluding hydrogens is 182 g/mol. The highest BCUT2D eigenvalue weighted by molar-refractivity contribution is 4.94. The standard InChI is InChI=1S/C9H17N3O2/c1-3-13-5-4-8-11-9(12-14-8)7(2)6-10/h7H,3-6,10H2,1-2H3. The zero-order valence-corrected chi connectivity index (χ0v) is 8.69. The van der Waals surface area contributed by atoms with Crippen molar-refractivity contribution in [3.05, 3.63) is 11.7 Å². The van der Waals surface area contributed by atoms with Crippen LogP contribution in [-0.4, -0.2) is 29.9 Å². The van der Waals surface area contributed by atoms with Crippen molar-refractivity contribution in [3.63, 3.8) is 0 Å². The second-order valence-electron chi connectivity index (χ2n) is 3.13. The Kier molecular flexibility index (Phi) is 4.55. The maximum absolute atomic E-state index is 5.49. The van der Waals surface area contributed by atoms with Crippen LogP contribution in [0.3, 0.4) is 0 Å². The van der Waals surface area contributed by atoms with Crippen LogP contribution in [0.15, 0.2) is 4.52 Å². The number of aromatic nitrogens is 2. The summed E-state index contributed by atoms with van der Waals surface area (Å²) < 4.78 is 10.2. The van der Waals surface area contributed by atoms with Crippen LogP contribution in [0.25, 0.3) is 0 Å². The molecule has 5 nitrogen and oxygen atoms in total. The lowest BCUT2D eigenvalue weighted by Gasteiger charge is -1.99. The highest BCUT2D eigenvalue weighted by atomic mass is 16.5. The molecule has 0 bridgehead atoms. The van der Waals surface area contributed by atoms with Gasteiger partial charge in [0, 0.05) is 19.1 Å². The lowest BCUT2D eigenvalue weighted by atomic mass is 10.2. The smallest absolute Gasteiger partial charge is 0.228 e. The van der Waals surface area contributed by atoms with Crippen LogP contribution >= 0.6 is 0 Å². The van der Waals surface area contributed by atoms with Gasteiger partial charge in [0.15, 0.2) is 5.82 Å². The summed E-state index contributed by atoms with van der Waals surface area (Å²) in [6, 6.07) is 0. The van der Waals surface area contributed by atoms with E-state index in [1.807, 2.05) is 13.8 Å². The quantitative estimate of drug-likeness (QED) is 0.683. The summed E-state index contributed by atoms with van der Waals surface area (Å²) in [5.41, 5.74) is 5.49. The molecule has 0 saturated heterocycles. The van der Waals surface area contributed by atoms with Gasteiger partial charge in [0.2, 0.25) is 5.89 Å². The second-order valence-corrected chi connectivity index (χ2v) is 3.13. The minimum atomic E-state index is 0.152. The molecule has 0 radical (unpaired) electrons. The molecule has 80 valence electrons. The van der Waals surface area contributed by atoms with Gasteiger partial charge in [-0.05, 0) is 6.92 Å². The highest BCUT2D eigenvalue weighted by Gasteiger charge is 2.11. The molecule has 0 aromatic carbocycles. The molecule has 0 saturated carbocycles. The Balaban J connectivity index is 2.42. The van der Waals surface area contributed by atoms with Crippen LogP contribution in [0.1, 0.15) is 31.5 Å². The van der Waals surface area contributed by atoms with Gasteiger partial charge in [-0.2, -0.15) is 4.98 Å². The molecule has 0 aliphatic heterocycles. The molecule has 1 unspecified atom stereocenters. The van der Waals surface area contributed by atoms with E-state index in [9.17, 15) is 0 Å². The van der Waals surface area contributed by atoms with E-state index < -0.39 is 0 Å². The SMILES string of the molecule is CCOCCc1nc(C(C)CN)no1. The summed E-state index contributed by atoms with van der Waals surface area (Å²) in [6.07, 6.45) is 0.665. The Morgan fingerprint density at radius 1 is 1.57 bits per heavy atom. The molecule has 0 spiro atoms. The number of rotatable bonds is 6.